The molecule has 2 fully saturated rings. The normalized spacial score (nSPS) is 26.0. The standard InChI is InChI=1S/C18H31N5O6/c1-9(24)13(19)18(29)23-8-4-6-12(23)17(28)22-7-3-5-11(22)16(27)21-14(10(2)25)15(20)26/h9-14,24-25H,3-8,19H2,1-2H3,(H2,20,26)(H,21,27)/p+1. The quantitative estimate of drug-likeness (QED) is 0.284. The summed E-state index contributed by atoms with van der Waals surface area (Å²) in [4.78, 5) is 52.7. The van der Waals surface area contributed by atoms with E-state index in [1.165, 1.54) is 23.6 Å². The van der Waals surface area contributed by atoms with Crippen LogP contribution >= 0.6 is 0 Å². The van der Waals surface area contributed by atoms with E-state index in [4.69, 9.17) is 5.73 Å². The molecule has 0 aromatic rings. The number of hydrogen-bond donors (Lipinski definition) is 5. The third-order valence-corrected chi connectivity index (χ3v) is 5.59. The second-order valence-corrected chi connectivity index (χ2v) is 7.84. The molecule has 11 nitrogen and oxygen atoms in total. The van der Waals surface area contributed by atoms with Crippen LogP contribution in [0, 0.1) is 0 Å². The van der Waals surface area contributed by atoms with Gasteiger partial charge in [-0.15, -0.1) is 0 Å². The molecule has 0 spiro atoms. The van der Waals surface area contributed by atoms with Crippen molar-refractivity contribution in [2.75, 3.05) is 13.1 Å². The molecule has 8 N–H and O–H groups in total. The number of nitrogens with zero attached hydrogens (tertiary/aromatic N) is 2. The van der Waals surface area contributed by atoms with Gasteiger partial charge in [0.1, 0.15) is 18.1 Å². The second-order valence-electron chi connectivity index (χ2n) is 7.84. The van der Waals surface area contributed by atoms with Gasteiger partial charge in [-0.05, 0) is 39.5 Å². The minimum atomic E-state index is -1.14. The van der Waals surface area contributed by atoms with Crippen LogP contribution in [0.15, 0.2) is 0 Å². The van der Waals surface area contributed by atoms with E-state index in [-0.39, 0.29) is 5.91 Å². The van der Waals surface area contributed by atoms with Gasteiger partial charge in [-0.1, -0.05) is 0 Å². The number of carbonyl (C=O) groups is 4. The first-order chi connectivity index (χ1) is 13.6. The van der Waals surface area contributed by atoms with Gasteiger partial charge < -0.3 is 31.1 Å². The zero-order valence-electron chi connectivity index (χ0n) is 16.9. The van der Waals surface area contributed by atoms with E-state index >= 15 is 0 Å². The molecule has 0 aliphatic carbocycles. The number of nitrogens with two attached hydrogens (primary N) is 1. The molecule has 0 saturated carbocycles. The number of amides is 4. The molecule has 0 aromatic carbocycles. The van der Waals surface area contributed by atoms with Gasteiger partial charge in [0, 0.05) is 13.1 Å². The van der Waals surface area contributed by atoms with Gasteiger partial charge in [0.25, 0.3) is 0 Å². The topological polar surface area (TPSA) is 181 Å². The number of rotatable bonds is 7. The summed E-state index contributed by atoms with van der Waals surface area (Å²) in [6.07, 6.45) is -0.0468. The average molecular weight is 414 g/mol. The molecular weight excluding hydrogens is 382 g/mol. The molecule has 4 amide bonds. The van der Waals surface area contributed by atoms with Crippen LogP contribution in [0.25, 0.3) is 0 Å². The Hall–Kier alpha value is -2.08. The van der Waals surface area contributed by atoms with Gasteiger partial charge in [0.2, 0.25) is 17.7 Å². The van der Waals surface area contributed by atoms with Crippen molar-refractivity contribution in [3.63, 3.8) is 0 Å². The lowest BCUT2D eigenvalue weighted by molar-refractivity contribution is -0.310. The number of carbonyl (C=O) groups excluding carboxylic acids is 4. The van der Waals surface area contributed by atoms with Crippen molar-refractivity contribution >= 4 is 23.6 Å². The van der Waals surface area contributed by atoms with E-state index in [1.807, 2.05) is 0 Å². The largest absolute Gasteiger partial charge is 0.391 e. The van der Waals surface area contributed by atoms with Crippen LogP contribution < -0.4 is 16.8 Å². The second kappa shape index (κ2) is 9.61. The van der Waals surface area contributed by atoms with Gasteiger partial charge in [-0.2, -0.15) is 0 Å². The van der Waals surface area contributed by atoms with Gasteiger partial charge in [-0.25, -0.2) is 4.79 Å². The first-order valence-corrected chi connectivity index (χ1v) is 9.95. The maximum absolute atomic E-state index is 13.1. The molecule has 2 aliphatic heterocycles. The Bertz CT molecular complexity index is 655. The highest BCUT2D eigenvalue weighted by Crippen LogP contribution is 2.25. The van der Waals surface area contributed by atoms with Crippen molar-refractivity contribution in [2.24, 2.45) is 5.73 Å². The molecule has 6 unspecified atom stereocenters. The lowest BCUT2D eigenvalue weighted by Crippen LogP contribution is -2.69. The fraction of sp³-hybridized carbons (Fsp3) is 0.778. The Morgan fingerprint density at radius 3 is 2.07 bits per heavy atom. The van der Waals surface area contributed by atoms with Crippen molar-refractivity contribution in [3.05, 3.63) is 0 Å². The van der Waals surface area contributed by atoms with Crippen molar-refractivity contribution in [1.82, 2.24) is 15.1 Å². The monoisotopic (exact) mass is 414 g/mol. The summed E-state index contributed by atoms with van der Waals surface area (Å²) in [6.45, 7) is 3.51. The summed E-state index contributed by atoms with van der Waals surface area (Å²) in [5.41, 5.74) is 9.00. The Morgan fingerprint density at radius 1 is 1.00 bits per heavy atom. The SMILES string of the molecule is CC(O)C(N)C(=O)N1CCCC1C(=O)N1CCCC1C(=O)NC(C([NH3+])=O)C(C)O. The van der Waals surface area contributed by atoms with E-state index in [9.17, 15) is 29.4 Å². The Balaban J connectivity index is 2.11. The highest BCUT2D eigenvalue weighted by Gasteiger charge is 2.44. The fourth-order valence-electron chi connectivity index (χ4n) is 3.90. The number of aliphatic hydroxyl groups is 2. The lowest BCUT2D eigenvalue weighted by atomic mass is 10.1. The highest BCUT2D eigenvalue weighted by atomic mass is 16.3. The van der Waals surface area contributed by atoms with E-state index in [0.29, 0.717) is 38.8 Å². The number of likely N-dealkylation sites (tertiary alicyclic amines) is 2. The third-order valence-electron chi connectivity index (χ3n) is 5.59. The van der Waals surface area contributed by atoms with Crippen LogP contribution in [0.2, 0.25) is 0 Å². The maximum Gasteiger partial charge on any atom is 0.333 e. The predicted octanol–water partition coefficient (Wildman–Crippen LogP) is -3.69. The number of quaternary nitrogens is 1. The molecule has 164 valence electrons. The fourth-order valence-corrected chi connectivity index (χ4v) is 3.90. The van der Waals surface area contributed by atoms with E-state index in [1.54, 1.807) is 0 Å². The van der Waals surface area contributed by atoms with Gasteiger partial charge in [0.15, 0.2) is 6.04 Å². The molecule has 11 heteroatoms. The molecule has 0 aromatic heterocycles. The van der Waals surface area contributed by atoms with Crippen LogP contribution in [-0.2, 0) is 19.2 Å². The highest BCUT2D eigenvalue weighted by molar-refractivity contribution is 5.94. The van der Waals surface area contributed by atoms with Crippen molar-refractivity contribution in [1.29, 1.82) is 0 Å². The van der Waals surface area contributed by atoms with Gasteiger partial charge >= 0.3 is 5.91 Å². The minimum Gasteiger partial charge on any atom is -0.391 e. The van der Waals surface area contributed by atoms with Crippen LogP contribution in [-0.4, -0.2) is 93.1 Å². The zero-order chi connectivity index (χ0) is 21.9. The summed E-state index contributed by atoms with van der Waals surface area (Å²) in [6, 6.07) is -3.78. The lowest BCUT2D eigenvalue weighted by Gasteiger charge is -2.32. The minimum absolute atomic E-state index is 0.346. The van der Waals surface area contributed by atoms with Crippen molar-refractivity contribution < 1.29 is 35.1 Å². The maximum atomic E-state index is 13.1. The number of nitrogens with one attached hydrogen (secondary N) is 1. The van der Waals surface area contributed by atoms with E-state index < -0.39 is 54.1 Å². The molecule has 6 atom stereocenters. The molecule has 2 heterocycles. The van der Waals surface area contributed by atoms with E-state index in [2.05, 4.69) is 11.1 Å². The third kappa shape index (κ3) is 5.10. The summed E-state index contributed by atoms with van der Waals surface area (Å²) in [5.74, 6) is -1.99. The summed E-state index contributed by atoms with van der Waals surface area (Å²) >= 11 is 0. The molecule has 0 bridgehead atoms. The molecular formula is C18H32N5O6+. The van der Waals surface area contributed by atoms with Crippen molar-refractivity contribution in [3.8, 4) is 0 Å². The smallest absolute Gasteiger partial charge is 0.333 e. The summed E-state index contributed by atoms with van der Waals surface area (Å²) in [5, 5.41) is 21.8. The average Bonchev–Trinajstić information content (AvgIpc) is 3.32. The number of aliphatic hydroxyl groups excluding tert-OH is 2. The predicted molar refractivity (Wildman–Crippen MR) is 101 cm³/mol. The summed E-state index contributed by atoms with van der Waals surface area (Å²) in [7, 11) is 0. The zero-order valence-corrected chi connectivity index (χ0v) is 16.9. The van der Waals surface area contributed by atoms with Crippen LogP contribution in [0.3, 0.4) is 0 Å². The molecule has 2 rings (SSSR count). The van der Waals surface area contributed by atoms with Crippen LogP contribution in [0.5, 0.6) is 0 Å². The van der Waals surface area contributed by atoms with Gasteiger partial charge in [-0.3, -0.25) is 20.1 Å². The first kappa shape index (κ1) is 23.2. The summed E-state index contributed by atoms with van der Waals surface area (Å²) < 4.78 is 0. The van der Waals surface area contributed by atoms with Gasteiger partial charge in [0.05, 0.1) is 12.2 Å². The Morgan fingerprint density at radius 2 is 1.55 bits per heavy atom. The Labute approximate surface area is 169 Å². The Kier molecular flexibility index (Phi) is 7.69. The first-order valence-electron chi connectivity index (χ1n) is 9.95. The molecule has 0 radical (unpaired) electrons. The van der Waals surface area contributed by atoms with Crippen LogP contribution in [0.1, 0.15) is 39.5 Å². The molecule has 2 saturated heterocycles. The molecule has 2 aliphatic rings. The van der Waals surface area contributed by atoms with Crippen LogP contribution in [0.4, 0.5) is 0 Å². The molecule has 29 heavy (non-hydrogen) atoms. The van der Waals surface area contributed by atoms with Crippen molar-refractivity contribution in [2.45, 2.75) is 75.9 Å². The number of hydrogen-bond acceptors (Lipinski definition) is 7. The van der Waals surface area contributed by atoms with E-state index in [0.717, 1.165) is 0 Å².